The van der Waals surface area contributed by atoms with E-state index in [1.54, 1.807) is 32.0 Å². The zero-order chi connectivity index (χ0) is 21.9. The summed E-state index contributed by atoms with van der Waals surface area (Å²) in [5, 5.41) is 9.23. The SMILES string of the molecule is Cc1cc(C)nc(NS(=O)(=O)c2ccc(CC(=O)c3ccccc3C(=O)O)cc2)n1. The number of aromatic nitrogens is 2. The number of ketones is 1. The number of carbonyl (C=O) groups excluding carboxylic acids is 1. The van der Waals surface area contributed by atoms with Crippen LogP contribution < -0.4 is 4.72 Å². The van der Waals surface area contributed by atoms with Gasteiger partial charge in [-0.05, 0) is 43.7 Å². The standard InChI is InChI=1S/C21H19N3O5S/c1-13-11-14(2)23-21(22-13)24-30(28,29)16-9-7-15(8-10-16)12-19(25)17-5-3-4-6-18(17)20(26)27/h3-11H,12H2,1-2H3,(H,26,27)(H,22,23,24). The predicted molar refractivity (Wildman–Crippen MR) is 110 cm³/mol. The van der Waals surface area contributed by atoms with Crippen LogP contribution in [-0.2, 0) is 16.4 Å². The Morgan fingerprint density at radius 1 is 0.933 bits per heavy atom. The Bertz CT molecular complexity index is 1200. The lowest BCUT2D eigenvalue weighted by Crippen LogP contribution is -2.16. The molecule has 0 saturated carbocycles. The van der Waals surface area contributed by atoms with Gasteiger partial charge in [-0.1, -0.05) is 30.3 Å². The summed E-state index contributed by atoms with van der Waals surface area (Å²) >= 11 is 0. The van der Waals surface area contributed by atoms with E-state index in [1.807, 2.05) is 0 Å². The van der Waals surface area contributed by atoms with Crippen LogP contribution in [0.25, 0.3) is 0 Å². The molecule has 0 saturated heterocycles. The lowest BCUT2D eigenvalue weighted by molar-refractivity contribution is 0.0692. The van der Waals surface area contributed by atoms with E-state index in [1.165, 1.54) is 36.4 Å². The number of aryl methyl sites for hydroxylation is 2. The molecule has 0 aliphatic carbocycles. The molecule has 3 rings (SSSR count). The molecule has 0 aliphatic rings. The van der Waals surface area contributed by atoms with E-state index in [9.17, 15) is 23.1 Å². The van der Waals surface area contributed by atoms with Crippen LogP contribution in [0.15, 0.2) is 59.5 Å². The minimum Gasteiger partial charge on any atom is -0.478 e. The van der Waals surface area contributed by atoms with Crippen molar-refractivity contribution in [1.82, 2.24) is 9.97 Å². The molecule has 1 aromatic heterocycles. The summed E-state index contributed by atoms with van der Waals surface area (Å²) in [6, 6.07) is 13.5. The highest BCUT2D eigenvalue weighted by Gasteiger charge is 2.18. The fourth-order valence-electron chi connectivity index (χ4n) is 2.93. The number of carboxylic acid groups (broad SMARTS) is 1. The molecule has 0 aliphatic heterocycles. The van der Waals surface area contributed by atoms with E-state index in [2.05, 4.69) is 14.7 Å². The molecule has 0 amide bonds. The molecule has 9 heteroatoms. The quantitative estimate of drug-likeness (QED) is 0.557. The van der Waals surface area contributed by atoms with Gasteiger partial charge in [-0.2, -0.15) is 0 Å². The molecule has 3 aromatic rings. The molecule has 0 fully saturated rings. The summed E-state index contributed by atoms with van der Waals surface area (Å²) in [5.41, 5.74) is 1.86. The number of nitrogens with one attached hydrogen (secondary N) is 1. The lowest BCUT2D eigenvalue weighted by atomic mass is 9.98. The molecule has 1 heterocycles. The van der Waals surface area contributed by atoms with Crippen molar-refractivity contribution in [3.8, 4) is 0 Å². The van der Waals surface area contributed by atoms with Crippen LogP contribution in [0.3, 0.4) is 0 Å². The Labute approximate surface area is 173 Å². The van der Waals surface area contributed by atoms with Gasteiger partial charge in [-0.25, -0.2) is 27.9 Å². The van der Waals surface area contributed by atoms with Crippen LogP contribution in [-0.4, -0.2) is 35.2 Å². The third-order valence-corrected chi connectivity index (χ3v) is 5.61. The van der Waals surface area contributed by atoms with E-state index in [4.69, 9.17) is 0 Å². The van der Waals surface area contributed by atoms with Gasteiger partial charge >= 0.3 is 5.97 Å². The summed E-state index contributed by atoms with van der Waals surface area (Å²) in [5.74, 6) is -1.57. The first-order valence-corrected chi connectivity index (χ1v) is 10.4. The Morgan fingerprint density at radius 3 is 2.07 bits per heavy atom. The maximum Gasteiger partial charge on any atom is 0.336 e. The normalized spacial score (nSPS) is 11.1. The Balaban J connectivity index is 1.77. The Kier molecular flexibility index (Phi) is 5.93. The van der Waals surface area contributed by atoms with Gasteiger partial charge in [0.2, 0.25) is 5.95 Å². The molecule has 0 unspecified atom stereocenters. The number of Topliss-reactive ketones (excluding diaryl/α,β-unsaturated/α-hetero) is 1. The monoisotopic (exact) mass is 425 g/mol. The molecular weight excluding hydrogens is 406 g/mol. The first-order chi connectivity index (χ1) is 14.2. The van der Waals surface area contributed by atoms with Crippen LogP contribution in [0.4, 0.5) is 5.95 Å². The summed E-state index contributed by atoms with van der Waals surface area (Å²) < 4.78 is 27.5. The smallest absolute Gasteiger partial charge is 0.336 e. The molecule has 8 nitrogen and oxygen atoms in total. The average Bonchev–Trinajstić information content (AvgIpc) is 2.67. The molecule has 154 valence electrons. The van der Waals surface area contributed by atoms with Gasteiger partial charge < -0.3 is 5.11 Å². The molecular formula is C21H19N3O5S. The molecule has 30 heavy (non-hydrogen) atoms. The summed E-state index contributed by atoms with van der Waals surface area (Å²) in [7, 11) is -3.90. The summed E-state index contributed by atoms with van der Waals surface area (Å²) in [4.78, 5) is 31.9. The van der Waals surface area contributed by atoms with Gasteiger partial charge in [-0.15, -0.1) is 0 Å². The number of carbonyl (C=O) groups is 2. The highest BCUT2D eigenvalue weighted by molar-refractivity contribution is 7.92. The minimum absolute atomic E-state index is 0.00704. The van der Waals surface area contributed by atoms with Crippen LogP contribution in [0.1, 0.15) is 37.7 Å². The van der Waals surface area contributed by atoms with Crippen LogP contribution >= 0.6 is 0 Å². The number of hydrogen-bond acceptors (Lipinski definition) is 6. The van der Waals surface area contributed by atoms with Crippen molar-refractivity contribution in [2.24, 2.45) is 0 Å². The molecule has 0 bridgehead atoms. The van der Waals surface area contributed by atoms with Crippen molar-refractivity contribution in [2.45, 2.75) is 25.2 Å². The van der Waals surface area contributed by atoms with Crippen molar-refractivity contribution in [2.75, 3.05) is 4.72 Å². The number of nitrogens with zero attached hydrogens (tertiary/aromatic N) is 2. The number of aromatic carboxylic acids is 1. The third-order valence-electron chi connectivity index (χ3n) is 4.26. The van der Waals surface area contributed by atoms with Crippen molar-refractivity contribution in [1.29, 1.82) is 0 Å². The van der Waals surface area contributed by atoms with E-state index in [0.29, 0.717) is 17.0 Å². The van der Waals surface area contributed by atoms with Gasteiger partial charge in [0.15, 0.2) is 5.78 Å². The second-order valence-corrected chi connectivity index (χ2v) is 8.36. The second kappa shape index (κ2) is 8.42. The molecule has 2 N–H and O–H groups in total. The number of anilines is 1. The molecule has 2 aromatic carbocycles. The number of sulfonamides is 1. The fraction of sp³-hybridized carbons (Fsp3) is 0.143. The largest absolute Gasteiger partial charge is 0.478 e. The maximum atomic E-state index is 12.6. The predicted octanol–water partition coefficient (Wildman–Crippen LogP) is 3.02. The fourth-order valence-corrected chi connectivity index (χ4v) is 3.87. The van der Waals surface area contributed by atoms with Crippen LogP contribution in [0, 0.1) is 13.8 Å². The molecule has 0 atom stereocenters. The number of benzene rings is 2. The highest BCUT2D eigenvalue weighted by Crippen LogP contribution is 2.17. The minimum atomic E-state index is -3.90. The van der Waals surface area contributed by atoms with Crippen molar-refractivity contribution in [3.05, 3.63) is 82.7 Å². The van der Waals surface area contributed by atoms with E-state index >= 15 is 0 Å². The zero-order valence-electron chi connectivity index (χ0n) is 16.3. The lowest BCUT2D eigenvalue weighted by Gasteiger charge is -2.09. The maximum absolute atomic E-state index is 12.6. The van der Waals surface area contributed by atoms with Gasteiger partial charge in [0.1, 0.15) is 0 Å². The van der Waals surface area contributed by atoms with E-state index in [-0.39, 0.29) is 34.2 Å². The topological polar surface area (TPSA) is 126 Å². The van der Waals surface area contributed by atoms with Gasteiger partial charge in [0, 0.05) is 23.4 Å². The van der Waals surface area contributed by atoms with Crippen LogP contribution in [0.5, 0.6) is 0 Å². The first kappa shape index (κ1) is 21.1. The zero-order valence-corrected chi connectivity index (χ0v) is 17.1. The summed E-state index contributed by atoms with van der Waals surface area (Å²) in [6.07, 6.45) is -0.0573. The first-order valence-electron chi connectivity index (χ1n) is 8.95. The van der Waals surface area contributed by atoms with Gasteiger partial charge in [0.05, 0.1) is 10.5 Å². The van der Waals surface area contributed by atoms with Crippen molar-refractivity contribution < 1.29 is 23.1 Å². The van der Waals surface area contributed by atoms with Crippen molar-refractivity contribution in [3.63, 3.8) is 0 Å². The molecule has 0 spiro atoms. The highest BCUT2D eigenvalue weighted by atomic mass is 32.2. The van der Waals surface area contributed by atoms with Crippen LogP contribution in [0.2, 0.25) is 0 Å². The second-order valence-electron chi connectivity index (χ2n) is 6.67. The Morgan fingerprint density at radius 2 is 1.50 bits per heavy atom. The number of carboxylic acids is 1. The van der Waals surface area contributed by atoms with E-state index in [0.717, 1.165) is 0 Å². The van der Waals surface area contributed by atoms with Gasteiger partial charge in [-0.3, -0.25) is 4.79 Å². The van der Waals surface area contributed by atoms with Crippen molar-refractivity contribution >= 4 is 27.7 Å². The summed E-state index contributed by atoms with van der Waals surface area (Å²) in [6.45, 7) is 3.47. The molecule has 0 radical (unpaired) electrons. The Hall–Kier alpha value is -3.59. The van der Waals surface area contributed by atoms with E-state index < -0.39 is 16.0 Å². The number of hydrogen-bond donors (Lipinski definition) is 2. The third kappa shape index (κ3) is 4.87. The number of rotatable bonds is 7. The van der Waals surface area contributed by atoms with Gasteiger partial charge in [0.25, 0.3) is 10.0 Å². The average molecular weight is 425 g/mol.